The molecule has 0 aromatic carbocycles. The molecule has 30 heteroatoms. The van der Waals surface area contributed by atoms with E-state index in [-0.39, 0.29) is 1190 Å². The van der Waals surface area contributed by atoms with Crippen molar-refractivity contribution in [3.8, 4) is 0 Å². The average Bonchev–Trinajstić information content (AvgIpc) is 0. The van der Waals surface area contributed by atoms with Crippen molar-refractivity contribution in [1.29, 1.82) is 0 Å². The minimum Gasteiger partial charge on any atom is -0.358 e. The molecule has 0 nitrogen and oxygen atoms in total. The van der Waals surface area contributed by atoms with E-state index in [9.17, 15) is 0 Å². The first-order valence-corrected chi connectivity index (χ1v) is 0. The van der Waals surface area contributed by atoms with E-state index in [1.54, 1.807) is 0 Å². The van der Waals surface area contributed by atoms with Gasteiger partial charge in [-0.05, 0) is 0 Å². The van der Waals surface area contributed by atoms with Gasteiger partial charge in [-0.3, -0.25) is 0 Å². The van der Waals surface area contributed by atoms with Gasteiger partial charge in [0.15, 0.2) is 0 Å². The molecule has 0 atom stereocenters. The monoisotopic (exact) mass is 7650 g/mol. The molecule has 0 aromatic heterocycles. The molecule has 0 fully saturated rings. The van der Waals surface area contributed by atoms with Crippen LogP contribution in [0.5, 0.6) is 0 Å². The third kappa shape index (κ3) is 805. The Hall–Kier alpha value is 31.6. The van der Waals surface area contributed by atoms with Crippen molar-refractivity contribution in [3.63, 3.8) is 0 Å². The zero-order chi connectivity index (χ0) is 0. The molecular formula is C34H102U30-2. The largest absolute Gasteiger partial charge is 2.00 e. The fraction of sp³-hybridized carbons (Fsp3) is 0. The molecular weight excluding hydrogens is 7550 g/mol. The van der Waals surface area contributed by atoms with Crippen molar-refractivity contribution in [2.75, 3.05) is 0 Å². The first kappa shape index (κ1) is 858. The summed E-state index contributed by atoms with van der Waals surface area (Å²) in [5, 5.41) is 0. The van der Waals surface area contributed by atoms with E-state index in [2.05, 4.69) is 0 Å². The topological polar surface area (TPSA) is 0 Å². The predicted octanol–water partition coefficient (Wildman–Crippen LogP) is 15.3. The zero-order valence-corrected chi connectivity index (χ0v) is 174. The molecule has 0 radical (unpaired) electrons. The number of rotatable bonds is 0. The van der Waals surface area contributed by atoms with Crippen molar-refractivity contribution < 1.29 is 933 Å². The fourth-order valence-electron chi connectivity index (χ4n) is 0. The van der Waals surface area contributed by atoms with E-state index < -0.39 is 0 Å². The Kier molecular flexibility index (Phi) is 11100. The second-order valence-corrected chi connectivity index (χ2v) is 0. The Morgan fingerprint density at radius 1 is 0.0469 bits per heavy atom. The van der Waals surface area contributed by atoms with Crippen LogP contribution in [-0.2, 0) is 0 Å². The molecule has 0 aromatic rings. The van der Waals surface area contributed by atoms with Crippen LogP contribution in [0.25, 0.3) is 0 Å². The normalized spacial score (nSPS) is 0. The smallest absolute Gasteiger partial charge is 0.358 e. The maximum atomic E-state index is 0. The summed E-state index contributed by atoms with van der Waals surface area (Å²) in [7, 11) is 0. The second kappa shape index (κ2) is 831. The van der Waals surface area contributed by atoms with Crippen LogP contribution in [0, 0.1) is 1190 Å². The molecule has 0 unspecified atom stereocenters. The van der Waals surface area contributed by atoms with Gasteiger partial charge in [0.1, 0.15) is 0 Å². The number of hydrogen-bond acceptors (Lipinski definition) is 0. The first-order chi connectivity index (χ1) is 0. The van der Waals surface area contributed by atoms with Gasteiger partial charge in [-0.25, -0.2) is 0 Å². The van der Waals surface area contributed by atoms with Gasteiger partial charge in [0, 0.05) is 436 Å². The summed E-state index contributed by atoms with van der Waals surface area (Å²) in [6.45, 7) is 0. The molecule has 0 aliphatic carbocycles. The predicted molar refractivity (Wildman–Crippen MR) is 218 cm³/mol. The molecule has 0 bridgehead atoms. The van der Waals surface area contributed by atoms with Gasteiger partial charge >= 0.3 is 498 Å². The molecule has 0 heterocycles. The molecule has 0 saturated carbocycles. The molecule has 0 N–H and O–H groups in total. The molecule has 0 rings (SSSR count). The van der Waals surface area contributed by atoms with Crippen LogP contribution >= 0.6 is 0 Å². The SMILES string of the molecule is [CH3-].[CH3-].[CH3-].[CH3-].[CH3-].[CH3-].[CH3-].[CH3-].[CH3-].[CH3-].[CH3-].[CH3-].[CH3-].[CH3-].[CH3-].[CH3-].[CH3-].[CH3-].[CH3-].[CH3-].[CH3-].[CH3-].[CH3-].[CH3-].[CH3-].[CH3-].[CH3-].[CH3-].[CH3-].[CH3-].[CH3-].[CH3-].[CH3-].[CH3-].[U+2].[U+2].[U+2].[U+2].[U+2].[U+2].[U+2].[U+2].[U+2].[U+2].[U+2].[U+2].[U+2].[U+2].[U+2].[U+2].[U].[U].[U].[U].[U].[U].[U].[U].[U].[U].[U].[U].[U].[U]. The van der Waals surface area contributed by atoms with E-state index in [1.807, 2.05) is 0 Å². The quantitative estimate of drug-likeness (QED) is 0.212. The van der Waals surface area contributed by atoms with E-state index in [1.165, 1.54) is 0 Å². The maximum Gasteiger partial charge on any atom is 2.00 e. The molecule has 0 aliphatic heterocycles. The van der Waals surface area contributed by atoms with Crippen LogP contribution in [0.2, 0.25) is 0 Å². The molecule has 0 aliphatic rings. The Labute approximate surface area is 1150 Å². The molecule has 0 saturated heterocycles. The van der Waals surface area contributed by atoms with E-state index >= 15 is 0 Å². The summed E-state index contributed by atoms with van der Waals surface area (Å²) in [6.07, 6.45) is 0. The summed E-state index contributed by atoms with van der Waals surface area (Å²) in [5.74, 6) is 0. The van der Waals surface area contributed by atoms with Gasteiger partial charge in [0.05, 0.1) is 0 Å². The summed E-state index contributed by atoms with van der Waals surface area (Å²) in [5.41, 5.74) is 0. The minimum atomic E-state index is 0. The van der Waals surface area contributed by atoms with Crippen LogP contribution in [0.3, 0.4) is 0 Å². The van der Waals surface area contributed by atoms with Gasteiger partial charge < -0.3 is 253 Å². The van der Waals surface area contributed by atoms with Crippen molar-refractivity contribution in [2.45, 2.75) is 0 Å². The maximum absolute atomic E-state index is 0. The third-order valence-corrected chi connectivity index (χ3v) is 0. The molecule has 360 valence electrons. The van der Waals surface area contributed by atoms with Gasteiger partial charge in [0.25, 0.3) is 0 Å². The van der Waals surface area contributed by atoms with Crippen molar-refractivity contribution in [3.05, 3.63) is 253 Å². The average molecular weight is 7650 g/mol. The van der Waals surface area contributed by atoms with Gasteiger partial charge in [0.2, 0.25) is 0 Å². The first-order valence-electron chi connectivity index (χ1n) is 0. The molecule has 0 amide bonds. The Bertz CT molecular complexity index is 63.8. The van der Waals surface area contributed by atoms with Gasteiger partial charge in [-0.15, -0.1) is 0 Å². The zero-order valence-electron chi connectivity index (χ0n) is 49.0. The Morgan fingerprint density at radius 3 is 0.0469 bits per heavy atom. The van der Waals surface area contributed by atoms with Crippen molar-refractivity contribution in [2.24, 2.45) is 0 Å². The van der Waals surface area contributed by atoms with Gasteiger partial charge in [-0.2, -0.15) is 0 Å². The van der Waals surface area contributed by atoms with Crippen molar-refractivity contribution in [1.82, 2.24) is 0 Å². The summed E-state index contributed by atoms with van der Waals surface area (Å²) in [6, 6.07) is 0. The van der Waals surface area contributed by atoms with Crippen molar-refractivity contribution >= 4 is 0 Å². The number of hydrogen-bond donors (Lipinski definition) is 0. The standard InChI is InChI=1S/34CH3.30U/h34*1H3;;;;;;;;;;;;;;;;;;;;;;;;;;;;;;/q34*-1;;;;;;;;;;;;;;;16*+2. The molecule has 0 spiro atoms. The van der Waals surface area contributed by atoms with Crippen LogP contribution < -0.4 is 0 Å². The summed E-state index contributed by atoms with van der Waals surface area (Å²) in [4.78, 5) is 0. The van der Waals surface area contributed by atoms with E-state index in [4.69, 9.17) is 0 Å². The summed E-state index contributed by atoms with van der Waals surface area (Å²) < 4.78 is 0. The third-order valence-electron chi connectivity index (χ3n) is 0. The Morgan fingerprint density at radius 2 is 0.0469 bits per heavy atom. The van der Waals surface area contributed by atoms with Gasteiger partial charge in [-0.1, -0.05) is 0 Å². The van der Waals surface area contributed by atoms with Crippen LogP contribution in [0.1, 0.15) is 0 Å². The Balaban J connectivity index is 0. The van der Waals surface area contributed by atoms with Crippen LogP contribution in [-0.4, -0.2) is 0 Å². The van der Waals surface area contributed by atoms with E-state index in [0.717, 1.165) is 0 Å². The fourth-order valence-corrected chi connectivity index (χ4v) is 0. The van der Waals surface area contributed by atoms with Crippen LogP contribution in [0.4, 0.5) is 0 Å². The summed E-state index contributed by atoms with van der Waals surface area (Å²) >= 11 is 0. The molecule has 64 heavy (non-hydrogen) atoms. The van der Waals surface area contributed by atoms with E-state index in [0.29, 0.717) is 0 Å². The second-order valence-electron chi connectivity index (χ2n) is 0. The minimum absolute atomic E-state index is 0. The van der Waals surface area contributed by atoms with Crippen LogP contribution in [0.15, 0.2) is 0 Å².